The van der Waals surface area contributed by atoms with E-state index in [1.54, 1.807) is 42.2 Å². The number of amides is 1. The number of fused-ring (bicyclic) bond motifs is 4. The maximum Gasteiger partial charge on any atom is 0.257 e. The van der Waals surface area contributed by atoms with Crippen LogP contribution in [0, 0.1) is 12.7 Å². The minimum Gasteiger partial charge on any atom is -0.367 e. The fourth-order valence-electron chi connectivity index (χ4n) is 4.92. The summed E-state index contributed by atoms with van der Waals surface area (Å²) in [5.74, 6) is -0.859. The van der Waals surface area contributed by atoms with E-state index in [0.717, 1.165) is 18.8 Å². The number of piperazine rings is 1. The van der Waals surface area contributed by atoms with Gasteiger partial charge in [0.15, 0.2) is 11.5 Å². The summed E-state index contributed by atoms with van der Waals surface area (Å²) in [5, 5.41) is 6.43. The van der Waals surface area contributed by atoms with E-state index in [1.165, 1.54) is 18.9 Å². The molecule has 2 saturated heterocycles. The molecule has 0 aliphatic carbocycles. The third kappa shape index (κ3) is 3.16. The van der Waals surface area contributed by atoms with Gasteiger partial charge in [0.25, 0.3) is 5.91 Å². The van der Waals surface area contributed by atoms with E-state index in [-0.39, 0.29) is 11.6 Å². The molecule has 9 heteroatoms. The topological polar surface area (TPSA) is 87.5 Å². The molecule has 0 radical (unpaired) electrons. The van der Waals surface area contributed by atoms with Gasteiger partial charge in [0.1, 0.15) is 11.0 Å². The van der Waals surface area contributed by atoms with Crippen molar-refractivity contribution in [3.05, 3.63) is 60.1 Å². The van der Waals surface area contributed by atoms with E-state index in [1.807, 2.05) is 6.07 Å². The van der Waals surface area contributed by atoms with E-state index in [9.17, 15) is 9.18 Å². The first-order valence-electron chi connectivity index (χ1n) is 10.8. The van der Waals surface area contributed by atoms with E-state index in [2.05, 4.69) is 30.5 Å². The van der Waals surface area contributed by atoms with Crippen LogP contribution in [0.25, 0.3) is 16.7 Å². The Hall–Kier alpha value is -3.59. The van der Waals surface area contributed by atoms with Gasteiger partial charge in [0.2, 0.25) is 0 Å². The molecule has 1 amide bonds. The first kappa shape index (κ1) is 19.1. The van der Waals surface area contributed by atoms with Crippen LogP contribution in [-0.2, 0) is 0 Å². The number of aromatic nitrogens is 4. The third-order valence-electron chi connectivity index (χ3n) is 6.29. The van der Waals surface area contributed by atoms with Crippen molar-refractivity contribution in [1.29, 1.82) is 0 Å². The lowest BCUT2D eigenvalue weighted by atomic mass is 10.1. The molecule has 6 rings (SSSR count). The molecule has 2 N–H and O–H groups in total. The Morgan fingerprint density at radius 3 is 2.66 bits per heavy atom. The number of benzene rings is 1. The summed E-state index contributed by atoms with van der Waals surface area (Å²) in [4.78, 5) is 28.6. The lowest BCUT2D eigenvalue weighted by Gasteiger charge is -2.35. The number of nitrogens with zero attached hydrogens (tertiary/aromatic N) is 5. The Balaban J connectivity index is 1.35. The normalized spacial score (nSPS) is 20.2. The van der Waals surface area contributed by atoms with Crippen LogP contribution in [0.2, 0.25) is 0 Å². The fraction of sp³-hybridized carbons (Fsp3) is 0.304. The highest BCUT2D eigenvalue weighted by molar-refractivity contribution is 6.13. The monoisotopic (exact) mass is 431 g/mol. The van der Waals surface area contributed by atoms with Crippen LogP contribution >= 0.6 is 0 Å². The zero-order chi connectivity index (χ0) is 21.8. The fourth-order valence-corrected chi connectivity index (χ4v) is 4.92. The SMILES string of the molecule is Cc1cn2cc(NC(=O)c3ccc(N4CC5CCC(C4)N5)c4nccnc34)cc(F)c2n1. The second kappa shape index (κ2) is 7.23. The predicted octanol–water partition coefficient (Wildman–Crippen LogP) is 2.92. The molecule has 8 nitrogen and oxygen atoms in total. The number of pyridine rings is 1. The predicted molar refractivity (Wildman–Crippen MR) is 120 cm³/mol. The van der Waals surface area contributed by atoms with Crippen molar-refractivity contribution in [2.45, 2.75) is 31.8 Å². The third-order valence-corrected chi connectivity index (χ3v) is 6.29. The minimum atomic E-state index is -0.496. The number of aryl methyl sites for hydroxylation is 1. The summed E-state index contributed by atoms with van der Waals surface area (Å²) in [5.41, 5.74) is 3.90. The largest absolute Gasteiger partial charge is 0.367 e. The highest BCUT2D eigenvalue weighted by atomic mass is 19.1. The number of imidazole rings is 1. The molecule has 2 aliphatic heterocycles. The summed E-state index contributed by atoms with van der Waals surface area (Å²) in [6, 6.07) is 5.97. The van der Waals surface area contributed by atoms with Gasteiger partial charge in [-0.2, -0.15) is 0 Å². The highest BCUT2D eigenvalue weighted by Crippen LogP contribution is 2.31. The minimum absolute atomic E-state index is 0.228. The van der Waals surface area contributed by atoms with Crippen molar-refractivity contribution in [2.75, 3.05) is 23.3 Å². The smallest absolute Gasteiger partial charge is 0.257 e. The van der Waals surface area contributed by atoms with Crippen molar-refractivity contribution < 1.29 is 9.18 Å². The molecule has 2 bridgehead atoms. The number of hydrogen-bond donors (Lipinski definition) is 2. The molecular weight excluding hydrogens is 409 g/mol. The van der Waals surface area contributed by atoms with Gasteiger partial charge < -0.3 is 19.9 Å². The van der Waals surface area contributed by atoms with E-state index < -0.39 is 5.82 Å². The molecule has 2 unspecified atom stereocenters. The number of hydrogen-bond acceptors (Lipinski definition) is 6. The Bertz CT molecular complexity index is 1360. The Morgan fingerprint density at radius 1 is 1.12 bits per heavy atom. The lowest BCUT2D eigenvalue weighted by Crippen LogP contribution is -2.51. The number of anilines is 2. The van der Waals surface area contributed by atoms with E-state index in [4.69, 9.17) is 0 Å². The maximum atomic E-state index is 14.4. The van der Waals surface area contributed by atoms with Crippen LogP contribution in [0.15, 0.2) is 43.0 Å². The summed E-state index contributed by atoms with van der Waals surface area (Å²) in [6.45, 7) is 3.62. The van der Waals surface area contributed by atoms with Gasteiger partial charge in [-0.1, -0.05) is 0 Å². The van der Waals surface area contributed by atoms with Gasteiger partial charge in [-0.3, -0.25) is 14.8 Å². The van der Waals surface area contributed by atoms with Crippen LogP contribution in [0.4, 0.5) is 15.8 Å². The Morgan fingerprint density at radius 2 is 1.88 bits per heavy atom. The van der Waals surface area contributed by atoms with Gasteiger partial charge in [-0.25, -0.2) is 9.37 Å². The maximum absolute atomic E-state index is 14.4. The quantitative estimate of drug-likeness (QED) is 0.519. The molecule has 1 aromatic carbocycles. The number of nitrogens with one attached hydrogen (secondary N) is 2. The molecular formula is C23H22FN7O. The number of carbonyl (C=O) groups excluding carboxylic acids is 1. The van der Waals surface area contributed by atoms with Gasteiger partial charge >= 0.3 is 0 Å². The van der Waals surface area contributed by atoms with Crippen LogP contribution in [0.3, 0.4) is 0 Å². The first-order chi connectivity index (χ1) is 15.5. The Kier molecular flexibility index (Phi) is 4.32. The van der Waals surface area contributed by atoms with Gasteiger partial charge in [-0.05, 0) is 31.9 Å². The molecule has 4 aromatic rings. The van der Waals surface area contributed by atoms with Crippen LogP contribution in [-0.4, -0.2) is 50.4 Å². The highest BCUT2D eigenvalue weighted by Gasteiger charge is 2.33. The van der Waals surface area contributed by atoms with Crippen molar-refractivity contribution in [3.63, 3.8) is 0 Å². The molecule has 162 valence electrons. The van der Waals surface area contributed by atoms with Crippen molar-refractivity contribution in [3.8, 4) is 0 Å². The van der Waals surface area contributed by atoms with Crippen LogP contribution < -0.4 is 15.5 Å². The standard InChI is InChI=1S/C23H22FN7O/c1-13-9-31-12-16(8-18(24)22(31)27-13)29-23(32)17-4-5-19(21-20(17)25-6-7-26-21)30-10-14-2-3-15(11-30)28-14/h4-9,12,14-15,28H,2-3,10-11H2,1H3,(H,29,32). The van der Waals surface area contributed by atoms with Crippen LogP contribution in [0.5, 0.6) is 0 Å². The van der Waals surface area contributed by atoms with Gasteiger partial charge in [0, 0.05) is 56.0 Å². The van der Waals surface area contributed by atoms with Crippen molar-refractivity contribution in [1.82, 2.24) is 24.7 Å². The number of halogens is 1. The molecule has 2 aliphatic rings. The summed E-state index contributed by atoms with van der Waals surface area (Å²) in [6.07, 6.45) is 8.96. The second-order valence-electron chi connectivity index (χ2n) is 8.57. The second-order valence-corrected chi connectivity index (χ2v) is 8.57. The first-order valence-corrected chi connectivity index (χ1v) is 10.8. The average molecular weight is 431 g/mol. The van der Waals surface area contributed by atoms with Gasteiger partial charge in [0.05, 0.1) is 22.6 Å². The van der Waals surface area contributed by atoms with E-state index in [0.29, 0.717) is 40.1 Å². The van der Waals surface area contributed by atoms with Crippen LogP contribution in [0.1, 0.15) is 28.9 Å². The van der Waals surface area contributed by atoms with E-state index >= 15 is 0 Å². The van der Waals surface area contributed by atoms with Crippen molar-refractivity contribution >= 4 is 34.0 Å². The molecule has 3 aromatic heterocycles. The molecule has 0 spiro atoms. The summed E-state index contributed by atoms with van der Waals surface area (Å²) < 4.78 is 16.0. The lowest BCUT2D eigenvalue weighted by molar-refractivity contribution is 0.102. The van der Waals surface area contributed by atoms with Gasteiger partial charge in [-0.15, -0.1) is 0 Å². The van der Waals surface area contributed by atoms with Crippen molar-refractivity contribution in [2.24, 2.45) is 0 Å². The zero-order valence-corrected chi connectivity index (χ0v) is 17.5. The number of carbonyl (C=O) groups is 1. The molecule has 2 atom stereocenters. The molecule has 2 fully saturated rings. The molecule has 32 heavy (non-hydrogen) atoms. The summed E-state index contributed by atoms with van der Waals surface area (Å²) >= 11 is 0. The summed E-state index contributed by atoms with van der Waals surface area (Å²) in [7, 11) is 0. The molecule has 5 heterocycles. The number of rotatable bonds is 3. The molecule has 0 saturated carbocycles. The average Bonchev–Trinajstić information content (AvgIpc) is 3.33. The Labute approximate surface area is 183 Å². The zero-order valence-electron chi connectivity index (χ0n) is 17.5.